The number of aromatic nitrogens is 3. The molecule has 3 heterocycles. The van der Waals surface area contributed by atoms with Gasteiger partial charge in [-0.25, -0.2) is 22.2 Å². The lowest BCUT2D eigenvalue weighted by atomic mass is 9.90. The normalized spacial score (nSPS) is 17.7. The third kappa shape index (κ3) is 5.44. The summed E-state index contributed by atoms with van der Waals surface area (Å²) in [5.41, 5.74) is 2.05. The number of anilines is 1. The lowest BCUT2D eigenvalue weighted by Gasteiger charge is -2.36. The molecule has 0 N–H and O–H groups in total. The van der Waals surface area contributed by atoms with Crippen molar-refractivity contribution in [3.05, 3.63) is 106 Å². The van der Waals surface area contributed by atoms with Crippen LogP contribution in [0.5, 0.6) is 5.75 Å². The highest BCUT2D eigenvalue weighted by Crippen LogP contribution is 2.31. The van der Waals surface area contributed by atoms with E-state index < -0.39 is 27.2 Å². The van der Waals surface area contributed by atoms with Crippen LogP contribution in [-0.2, 0) is 22.9 Å². The summed E-state index contributed by atoms with van der Waals surface area (Å²) in [6, 6.07) is 15.6. The zero-order valence-corrected chi connectivity index (χ0v) is 22.8. The van der Waals surface area contributed by atoms with Crippen LogP contribution in [0.15, 0.2) is 82.9 Å². The van der Waals surface area contributed by atoms with Gasteiger partial charge in [0.05, 0.1) is 11.9 Å². The second kappa shape index (κ2) is 11.0. The Bertz CT molecular complexity index is 1720. The zero-order chi connectivity index (χ0) is 28.6. The number of halogens is 2. The van der Waals surface area contributed by atoms with Gasteiger partial charge < -0.3 is 9.64 Å². The van der Waals surface area contributed by atoms with Crippen molar-refractivity contribution in [2.45, 2.75) is 30.4 Å². The molecule has 4 aromatic rings. The van der Waals surface area contributed by atoms with Crippen LogP contribution in [0.4, 0.5) is 14.5 Å². The van der Waals surface area contributed by atoms with Crippen molar-refractivity contribution in [3.8, 4) is 11.4 Å². The lowest BCUT2D eigenvalue weighted by Crippen LogP contribution is -2.49. The minimum absolute atomic E-state index is 0.00934. The molecular weight excluding hydrogens is 552 g/mol. The van der Waals surface area contributed by atoms with E-state index in [9.17, 15) is 22.0 Å². The Labute approximate surface area is 235 Å². The largest absolute Gasteiger partial charge is 0.483 e. The molecule has 0 radical (unpaired) electrons. The Morgan fingerprint density at radius 3 is 2.32 bits per heavy atom. The Balaban J connectivity index is 1.32. The number of sulfonamides is 1. The number of piperazine rings is 1. The fraction of sp³-hybridized carbons (Fsp3) is 0.276. The van der Waals surface area contributed by atoms with Crippen molar-refractivity contribution in [1.29, 1.82) is 0 Å². The third-order valence-corrected chi connectivity index (χ3v) is 9.23. The van der Waals surface area contributed by atoms with E-state index in [1.165, 1.54) is 28.3 Å². The average molecular weight is 580 g/mol. The third-order valence-electron chi connectivity index (χ3n) is 7.41. The highest BCUT2D eigenvalue weighted by atomic mass is 32.2. The summed E-state index contributed by atoms with van der Waals surface area (Å²) in [6.45, 7) is 0.867. The predicted octanol–water partition coefficient (Wildman–Crippen LogP) is 3.35. The minimum atomic E-state index is -3.78. The molecule has 41 heavy (non-hydrogen) atoms. The summed E-state index contributed by atoms with van der Waals surface area (Å²) >= 11 is 0. The molecule has 1 saturated heterocycles. The van der Waals surface area contributed by atoms with Crippen LogP contribution in [0.1, 0.15) is 17.5 Å². The molecule has 0 saturated carbocycles. The quantitative estimate of drug-likeness (QED) is 0.346. The summed E-state index contributed by atoms with van der Waals surface area (Å²) in [4.78, 5) is 19.6. The van der Waals surface area contributed by atoms with Gasteiger partial charge in [-0.15, -0.1) is 0 Å². The van der Waals surface area contributed by atoms with Gasteiger partial charge in [0.1, 0.15) is 23.4 Å². The van der Waals surface area contributed by atoms with Gasteiger partial charge in [-0.3, -0.25) is 4.79 Å². The summed E-state index contributed by atoms with van der Waals surface area (Å²) in [6.07, 6.45) is 4.63. The molecule has 212 valence electrons. The Hall–Kier alpha value is -4.16. The van der Waals surface area contributed by atoms with Crippen LogP contribution in [0.2, 0.25) is 0 Å². The van der Waals surface area contributed by atoms with Crippen molar-refractivity contribution in [2.24, 2.45) is 0 Å². The fourth-order valence-corrected chi connectivity index (χ4v) is 6.70. The molecule has 1 aliphatic carbocycles. The van der Waals surface area contributed by atoms with E-state index in [0.717, 1.165) is 34.9 Å². The Morgan fingerprint density at radius 1 is 0.902 bits per heavy atom. The van der Waals surface area contributed by atoms with E-state index in [1.807, 2.05) is 23.1 Å². The SMILES string of the molecule is O=c1c(OC2CCc3ccccc3C2)c(N2CCN(S(=O)(=O)c3ccccn3)CC2)cnn1-c1cc(F)cc(F)c1. The molecule has 1 fully saturated rings. The van der Waals surface area contributed by atoms with Crippen molar-refractivity contribution in [3.63, 3.8) is 0 Å². The minimum Gasteiger partial charge on any atom is -0.483 e. The monoisotopic (exact) mass is 579 g/mol. The number of fused-ring (bicyclic) bond motifs is 1. The predicted molar refractivity (Wildman–Crippen MR) is 148 cm³/mol. The standard InChI is InChI=1S/C29H27F2N5O4S/c30-22-16-23(31)18-24(17-22)36-29(37)28(40-25-9-8-20-5-1-2-6-21(20)15-25)26(19-33-36)34-11-13-35(14-12-34)41(38,39)27-7-3-4-10-32-27/h1-7,10,16-19,25H,8-9,11-15H2. The van der Waals surface area contributed by atoms with E-state index in [-0.39, 0.29) is 48.7 Å². The summed E-state index contributed by atoms with van der Waals surface area (Å²) in [5, 5.41) is 4.19. The molecule has 6 rings (SSSR count). The molecule has 1 atom stereocenters. The maximum atomic E-state index is 14.0. The highest BCUT2D eigenvalue weighted by molar-refractivity contribution is 7.89. The van der Waals surface area contributed by atoms with Gasteiger partial charge in [-0.1, -0.05) is 30.3 Å². The first-order valence-electron chi connectivity index (χ1n) is 13.3. The number of pyridine rings is 1. The number of ether oxygens (including phenoxy) is 1. The van der Waals surface area contributed by atoms with E-state index in [0.29, 0.717) is 18.5 Å². The Morgan fingerprint density at radius 2 is 1.61 bits per heavy atom. The second-order valence-electron chi connectivity index (χ2n) is 10.0. The summed E-state index contributed by atoms with van der Waals surface area (Å²) in [7, 11) is -3.78. The number of benzene rings is 2. The Kier molecular flexibility index (Phi) is 7.26. The molecule has 1 aliphatic heterocycles. The van der Waals surface area contributed by atoms with Crippen LogP contribution in [0.3, 0.4) is 0 Å². The maximum absolute atomic E-state index is 14.0. The summed E-state index contributed by atoms with van der Waals surface area (Å²) in [5.74, 6) is -1.67. The zero-order valence-electron chi connectivity index (χ0n) is 22.0. The van der Waals surface area contributed by atoms with Crippen molar-refractivity contribution < 1.29 is 21.9 Å². The van der Waals surface area contributed by atoms with Gasteiger partial charge in [0, 0.05) is 44.9 Å². The van der Waals surface area contributed by atoms with Crippen LogP contribution in [0.25, 0.3) is 5.69 Å². The van der Waals surface area contributed by atoms with Gasteiger partial charge in [-0.2, -0.15) is 14.1 Å². The number of rotatable bonds is 6. The van der Waals surface area contributed by atoms with Gasteiger partial charge in [0.25, 0.3) is 10.0 Å². The number of aryl methyl sites for hydroxylation is 1. The first-order chi connectivity index (χ1) is 19.8. The number of hydrogen-bond acceptors (Lipinski definition) is 7. The summed E-state index contributed by atoms with van der Waals surface area (Å²) < 4.78 is 62.8. The van der Waals surface area contributed by atoms with Gasteiger partial charge in [-0.05, 0) is 48.2 Å². The smallest absolute Gasteiger partial charge is 0.316 e. The second-order valence-corrected chi connectivity index (χ2v) is 11.9. The van der Waals surface area contributed by atoms with Gasteiger partial charge in [0.15, 0.2) is 5.03 Å². The molecule has 0 bridgehead atoms. The van der Waals surface area contributed by atoms with Crippen molar-refractivity contribution in [2.75, 3.05) is 31.1 Å². The molecule has 2 aromatic carbocycles. The molecule has 0 spiro atoms. The molecule has 1 unspecified atom stereocenters. The van der Waals surface area contributed by atoms with Crippen LogP contribution in [-0.4, -0.2) is 59.8 Å². The molecule has 2 aromatic heterocycles. The van der Waals surface area contributed by atoms with E-state index in [1.54, 1.807) is 12.1 Å². The molecule has 9 nitrogen and oxygen atoms in total. The van der Waals surface area contributed by atoms with Crippen LogP contribution < -0.4 is 15.2 Å². The highest BCUT2D eigenvalue weighted by Gasteiger charge is 2.32. The van der Waals surface area contributed by atoms with E-state index in [4.69, 9.17) is 4.74 Å². The van der Waals surface area contributed by atoms with Crippen LogP contribution in [0, 0.1) is 11.6 Å². The molecule has 0 amide bonds. The van der Waals surface area contributed by atoms with Gasteiger partial charge >= 0.3 is 5.56 Å². The lowest BCUT2D eigenvalue weighted by molar-refractivity contribution is 0.181. The van der Waals surface area contributed by atoms with Crippen molar-refractivity contribution in [1.82, 2.24) is 19.1 Å². The van der Waals surface area contributed by atoms with E-state index >= 15 is 0 Å². The van der Waals surface area contributed by atoms with Crippen molar-refractivity contribution >= 4 is 15.7 Å². The molecular formula is C29H27F2N5O4S. The first kappa shape index (κ1) is 27.0. The molecule has 2 aliphatic rings. The fourth-order valence-electron chi connectivity index (χ4n) is 5.34. The average Bonchev–Trinajstić information content (AvgIpc) is 2.98. The van der Waals surface area contributed by atoms with Crippen LogP contribution >= 0.6 is 0 Å². The van der Waals surface area contributed by atoms with Gasteiger partial charge in [0.2, 0.25) is 5.75 Å². The topological polar surface area (TPSA) is 97.6 Å². The van der Waals surface area contributed by atoms with E-state index in [2.05, 4.69) is 16.1 Å². The molecule has 12 heteroatoms. The number of nitrogens with zero attached hydrogens (tertiary/aromatic N) is 5. The number of hydrogen-bond donors (Lipinski definition) is 0. The maximum Gasteiger partial charge on any atom is 0.316 e. The first-order valence-corrected chi connectivity index (χ1v) is 14.7.